The van der Waals surface area contributed by atoms with E-state index in [2.05, 4.69) is 12.1 Å². The van der Waals surface area contributed by atoms with E-state index in [-0.39, 0.29) is 13.0 Å². The van der Waals surface area contributed by atoms with Crippen LogP contribution in [0.15, 0.2) is 54.6 Å². The lowest BCUT2D eigenvalue weighted by molar-refractivity contribution is -0.142. The van der Waals surface area contributed by atoms with Crippen molar-refractivity contribution in [3.05, 3.63) is 65.7 Å². The summed E-state index contributed by atoms with van der Waals surface area (Å²) >= 11 is 0. The van der Waals surface area contributed by atoms with Gasteiger partial charge in [0.05, 0.1) is 6.54 Å². The highest BCUT2D eigenvalue weighted by Gasteiger charge is 2.42. The molecular formula is C23H27NO5. The van der Waals surface area contributed by atoms with Gasteiger partial charge in [-0.1, -0.05) is 48.5 Å². The first-order chi connectivity index (χ1) is 13.7. The zero-order chi connectivity index (χ0) is 21.0. The van der Waals surface area contributed by atoms with Crippen LogP contribution in [0.3, 0.4) is 0 Å². The summed E-state index contributed by atoms with van der Waals surface area (Å²) in [7, 11) is 0. The van der Waals surface area contributed by atoms with Crippen molar-refractivity contribution in [2.45, 2.75) is 51.4 Å². The number of aliphatic carboxylic acids is 1. The molecule has 1 N–H and O–H groups in total. The molecule has 0 unspecified atom stereocenters. The van der Waals surface area contributed by atoms with Gasteiger partial charge in [-0.15, -0.1) is 0 Å². The second-order valence-electron chi connectivity index (χ2n) is 8.23. The molecule has 0 aromatic heterocycles. The van der Waals surface area contributed by atoms with Gasteiger partial charge in [0.2, 0.25) is 0 Å². The fourth-order valence-electron chi connectivity index (χ4n) is 3.40. The molecule has 2 aromatic rings. The number of carbonyl (C=O) groups excluding carboxylic acids is 1. The number of carbonyl (C=O) groups is 2. The third-order valence-corrected chi connectivity index (χ3v) is 4.68. The zero-order valence-corrected chi connectivity index (χ0v) is 17.0. The van der Waals surface area contributed by atoms with Crippen molar-refractivity contribution in [2.75, 3.05) is 6.54 Å². The van der Waals surface area contributed by atoms with Crippen LogP contribution in [0.25, 0.3) is 0 Å². The van der Waals surface area contributed by atoms with Crippen molar-refractivity contribution in [1.82, 2.24) is 4.90 Å². The number of hydrogen-bond acceptors (Lipinski definition) is 4. The molecule has 0 saturated carbocycles. The Morgan fingerprint density at radius 1 is 1.07 bits per heavy atom. The normalized spacial score (nSPS) is 19.1. The fourth-order valence-corrected chi connectivity index (χ4v) is 3.40. The lowest BCUT2D eigenvalue weighted by Gasteiger charge is -2.26. The summed E-state index contributed by atoms with van der Waals surface area (Å²) in [5, 5.41) is 9.56. The molecule has 1 aliphatic heterocycles. The van der Waals surface area contributed by atoms with Gasteiger partial charge in [0.15, 0.2) is 0 Å². The van der Waals surface area contributed by atoms with Crippen LogP contribution in [0.2, 0.25) is 0 Å². The Morgan fingerprint density at radius 3 is 2.38 bits per heavy atom. The molecule has 2 atom stereocenters. The van der Waals surface area contributed by atoms with Gasteiger partial charge in [0, 0.05) is 12.8 Å². The van der Waals surface area contributed by atoms with E-state index in [9.17, 15) is 14.7 Å². The Hall–Kier alpha value is -3.02. The van der Waals surface area contributed by atoms with Gasteiger partial charge >= 0.3 is 12.1 Å². The van der Waals surface area contributed by atoms with E-state index in [0.29, 0.717) is 12.2 Å². The molecule has 6 heteroatoms. The summed E-state index contributed by atoms with van der Waals surface area (Å²) < 4.78 is 11.5. The summed E-state index contributed by atoms with van der Waals surface area (Å²) in [6, 6.07) is 16.8. The van der Waals surface area contributed by atoms with Crippen LogP contribution in [0.5, 0.6) is 5.75 Å². The highest BCUT2D eigenvalue weighted by atomic mass is 16.6. The average molecular weight is 397 g/mol. The molecule has 1 saturated heterocycles. The minimum Gasteiger partial charge on any atom is -0.488 e. The number of para-hydroxylation sites is 1. The maximum Gasteiger partial charge on any atom is 0.411 e. The Bertz CT molecular complexity index is 859. The van der Waals surface area contributed by atoms with Crippen LogP contribution in [0, 0.1) is 0 Å². The predicted molar refractivity (Wildman–Crippen MR) is 109 cm³/mol. The molecule has 1 fully saturated rings. The average Bonchev–Trinajstić information content (AvgIpc) is 3.07. The van der Waals surface area contributed by atoms with Crippen molar-refractivity contribution in [2.24, 2.45) is 0 Å². The highest BCUT2D eigenvalue weighted by Crippen LogP contribution is 2.28. The van der Waals surface area contributed by atoms with Gasteiger partial charge in [0.1, 0.15) is 23.5 Å². The molecule has 3 rings (SSSR count). The third-order valence-electron chi connectivity index (χ3n) is 4.68. The SMILES string of the molecule is CC(C)(C)OC(=O)N1C[C@@H](Oc2ccccc2Cc2ccccc2)C[C@H]1C(=O)O. The second-order valence-corrected chi connectivity index (χ2v) is 8.23. The molecule has 154 valence electrons. The summed E-state index contributed by atoms with van der Waals surface area (Å²) in [5.74, 6) is -0.351. The predicted octanol–water partition coefficient (Wildman–Crippen LogP) is 4.12. The molecule has 1 heterocycles. The highest BCUT2D eigenvalue weighted by molar-refractivity contribution is 5.81. The van der Waals surface area contributed by atoms with Crippen molar-refractivity contribution in [3.63, 3.8) is 0 Å². The third kappa shape index (κ3) is 5.50. The summed E-state index contributed by atoms with van der Waals surface area (Å²) in [5.41, 5.74) is 1.48. The number of amides is 1. The van der Waals surface area contributed by atoms with Gasteiger partial charge in [-0.2, -0.15) is 0 Å². The van der Waals surface area contributed by atoms with E-state index in [0.717, 1.165) is 11.1 Å². The topological polar surface area (TPSA) is 76.1 Å². The molecule has 0 bridgehead atoms. The van der Waals surface area contributed by atoms with E-state index in [1.165, 1.54) is 4.90 Å². The first-order valence-electron chi connectivity index (χ1n) is 9.74. The number of carboxylic acid groups (broad SMARTS) is 1. The maximum absolute atomic E-state index is 12.5. The van der Waals surface area contributed by atoms with Crippen LogP contribution in [0.4, 0.5) is 4.79 Å². The fraction of sp³-hybridized carbons (Fsp3) is 0.391. The van der Waals surface area contributed by atoms with Crippen LogP contribution in [0.1, 0.15) is 38.3 Å². The molecule has 2 aromatic carbocycles. The van der Waals surface area contributed by atoms with Gasteiger partial charge in [-0.25, -0.2) is 9.59 Å². The number of likely N-dealkylation sites (tertiary alicyclic amines) is 1. The number of carboxylic acids is 1. The number of ether oxygens (including phenoxy) is 2. The summed E-state index contributed by atoms with van der Waals surface area (Å²) in [4.78, 5) is 25.4. The van der Waals surface area contributed by atoms with Crippen LogP contribution >= 0.6 is 0 Å². The molecule has 6 nitrogen and oxygen atoms in total. The monoisotopic (exact) mass is 397 g/mol. The molecular weight excluding hydrogens is 370 g/mol. The number of rotatable bonds is 5. The number of benzene rings is 2. The van der Waals surface area contributed by atoms with E-state index in [1.54, 1.807) is 20.8 Å². The summed E-state index contributed by atoms with van der Waals surface area (Å²) in [6.07, 6.45) is -0.120. The lowest BCUT2D eigenvalue weighted by atomic mass is 10.0. The summed E-state index contributed by atoms with van der Waals surface area (Å²) in [6.45, 7) is 5.44. The van der Waals surface area contributed by atoms with E-state index >= 15 is 0 Å². The zero-order valence-electron chi connectivity index (χ0n) is 17.0. The van der Waals surface area contributed by atoms with E-state index < -0.39 is 29.8 Å². The van der Waals surface area contributed by atoms with Crippen LogP contribution in [-0.4, -0.2) is 46.4 Å². The van der Waals surface area contributed by atoms with Crippen molar-refractivity contribution in [1.29, 1.82) is 0 Å². The van der Waals surface area contributed by atoms with Crippen LogP contribution < -0.4 is 4.74 Å². The van der Waals surface area contributed by atoms with Crippen molar-refractivity contribution in [3.8, 4) is 5.75 Å². The first kappa shape index (κ1) is 20.7. The van der Waals surface area contributed by atoms with E-state index in [1.807, 2.05) is 42.5 Å². The lowest BCUT2D eigenvalue weighted by Crippen LogP contribution is -2.43. The van der Waals surface area contributed by atoms with Crippen molar-refractivity contribution >= 4 is 12.1 Å². The van der Waals surface area contributed by atoms with E-state index in [4.69, 9.17) is 9.47 Å². The van der Waals surface area contributed by atoms with Gasteiger partial charge < -0.3 is 14.6 Å². The number of hydrogen-bond donors (Lipinski definition) is 1. The smallest absolute Gasteiger partial charge is 0.411 e. The molecule has 29 heavy (non-hydrogen) atoms. The molecule has 0 radical (unpaired) electrons. The largest absolute Gasteiger partial charge is 0.488 e. The molecule has 0 spiro atoms. The molecule has 1 amide bonds. The van der Waals surface area contributed by atoms with Gasteiger partial charge in [-0.3, -0.25) is 4.90 Å². The first-order valence-corrected chi connectivity index (χ1v) is 9.74. The second kappa shape index (κ2) is 8.55. The van der Waals surface area contributed by atoms with Crippen LogP contribution in [-0.2, 0) is 16.0 Å². The Morgan fingerprint density at radius 2 is 1.72 bits per heavy atom. The minimum absolute atomic E-state index is 0.172. The standard InChI is InChI=1S/C23H27NO5/c1-23(2,3)29-22(27)24-15-18(14-19(24)21(25)26)28-20-12-8-7-11-17(20)13-16-9-5-4-6-10-16/h4-12,18-19H,13-15H2,1-3H3,(H,25,26)/t18-,19-/m0/s1. The Labute approximate surface area is 171 Å². The molecule has 0 aliphatic carbocycles. The van der Waals surface area contributed by atoms with Crippen molar-refractivity contribution < 1.29 is 24.2 Å². The quantitative estimate of drug-likeness (QED) is 0.821. The minimum atomic E-state index is -1.06. The van der Waals surface area contributed by atoms with Gasteiger partial charge in [0.25, 0.3) is 0 Å². The van der Waals surface area contributed by atoms with Gasteiger partial charge in [-0.05, 0) is 38.0 Å². The number of nitrogens with zero attached hydrogens (tertiary/aromatic N) is 1. The Balaban J connectivity index is 1.74. The molecule has 1 aliphatic rings. The Kier molecular flexibility index (Phi) is 6.11. The maximum atomic E-state index is 12.5.